The van der Waals surface area contributed by atoms with Gasteiger partial charge in [0.05, 0.1) is 7.11 Å². The summed E-state index contributed by atoms with van der Waals surface area (Å²) < 4.78 is 19.3. The minimum Gasteiger partial charge on any atom is -0.497 e. The van der Waals surface area contributed by atoms with Crippen molar-refractivity contribution in [3.05, 3.63) is 86.2 Å². The van der Waals surface area contributed by atoms with E-state index in [-0.39, 0.29) is 0 Å². The highest BCUT2D eigenvalue weighted by atomic mass is 32.1. The summed E-state index contributed by atoms with van der Waals surface area (Å²) in [6, 6.07) is 22.5. The van der Waals surface area contributed by atoms with Crippen LogP contribution in [0, 0.1) is 27.7 Å². The van der Waals surface area contributed by atoms with Gasteiger partial charge in [-0.15, -0.1) is 34.0 Å². The molecule has 3 heterocycles. The molecule has 176 valence electrons. The third-order valence-electron chi connectivity index (χ3n) is 6.03. The molecule has 0 saturated carbocycles. The molecule has 3 aromatic heterocycles. The Balaban J connectivity index is 1.75. The lowest BCUT2D eigenvalue weighted by atomic mass is 10.0. The van der Waals surface area contributed by atoms with Crippen molar-refractivity contribution in [2.75, 3.05) is 7.11 Å². The van der Waals surface area contributed by atoms with Crippen LogP contribution in [-0.2, 0) is 4.57 Å². The lowest BCUT2D eigenvalue weighted by Crippen LogP contribution is -2.09. The van der Waals surface area contributed by atoms with Gasteiger partial charge in [-0.1, -0.05) is 22.8 Å². The van der Waals surface area contributed by atoms with Gasteiger partial charge in [-0.05, 0) is 81.8 Å². The van der Waals surface area contributed by atoms with Crippen LogP contribution in [0.15, 0.2) is 66.7 Å². The van der Waals surface area contributed by atoms with Gasteiger partial charge in [0.25, 0.3) is 0 Å². The minimum absolute atomic E-state index is 0.766. The first-order valence-corrected chi connectivity index (χ1v) is 15.1. The Bertz CT molecular complexity index is 1480. The van der Waals surface area contributed by atoms with Crippen LogP contribution in [-0.4, -0.2) is 7.11 Å². The molecular weight excluding hydrogens is 507 g/mol. The first-order valence-electron chi connectivity index (χ1n) is 11.3. The molecule has 2 nitrogen and oxygen atoms in total. The quantitative estimate of drug-likeness (QED) is 0.204. The van der Waals surface area contributed by atoms with Gasteiger partial charge in [0.2, 0.25) is 5.30 Å². The molecule has 0 bridgehead atoms. The van der Waals surface area contributed by atoms with Gasteiger partial charge in [-0.3, -0.25) is 0 Å². The molecular formula is C29H26O2PS3+. The fourth-order valence-electron chi connectivity index (χ4n) is 4.40. The van der Waals surface area contributed by atoms with Crippen molar-refractivity contribution in [3.8, 4) is 37.8 Å². The molecule has 5 rings (SSSR count). The Kier molecular flexibility index (Phi) is 6.78. The lowest BCUT2D eigenvalue weighted by Gasteiger charge is -2.04. The largest absolute Gasteiger partial charge is 0.497 e. The maximum atomic E-state index is 13.7. The summed E-state index contributed by atoms with van der Waals surface area (Å²) in [4.78, 5) is 7.64. The number of hydrogen-bond acceptors (Lipinski definition) is 5. The fraction of sp³-hybridized carbons (Fsp3) is 0.172. The summed E-state index contributed by atoms with van der Waals surface area (Å²) in [7, 11) is -0.0636. The number of thiophene rings is 3. The lowest BCUT2D eigenvalue weighted by molar-refractivity contribution is 0.415. The van der Waals surface area contributed by atoms with E-state index in [9.17, 15) is 4.57 Å². The number of hydrogen-bond donors (Lipinski definition) is 0. The molecule has 0 fully saturated rings. The fourth-order valence-corrected chi connectivity index (χ4v) is 9.02. The molecule has 0 spiro atoms. The predicted octanol–water partition coefficient (Wildman–Crippen LogP) is 8.89. The molecule has 5 aromatic rings. The maximum absolute atomic E-state index is 13.7. The van der Waals surface area contributed by atoms with E-state index in [4.69, 9.17) is 4.74 Å². The Morgan fingerprint density at radius 3 is 1.94 bits per heavy atom. The SMILES string of the molecule is COc1ccc([P+](=O)c2ccccc2)c(-c2cc(-c3cc(C)sc3C)c(-c3cc(C)sc3C)s2)c1. The van der Waals surface area contributed by atoms with Crippen LogP contribution in [0.3, 0.4) is 0 Å². The van der Waals surface area contributed by atoms with E-state index in [1.807, 2.05) is 71.2 Å². The third-order valence-corrected chi connectivity index (χ3v) is 10.8. The van der Waals surface area contributed by atoms with Crippen molar-refractivity contribution < 1.29 is 9.30 Å². The first kappa shape index (κ1) is 24.1. The maximum Gasteiger partial charge on any atom is 0.415 e. The summed E-state index contributed by atoms with van der Waals surface area (Å²) in [5.41, 5.74) is 4.79. The van der Waals surface area contributed by atoms with Crippen molar-refractivity contribution in [1.29, 1.82) is 0 Å². The van der Waals surface area contributed by atoms with Crippen molar-refractivity contribution >= 4 is 52.4 Å². The zero-order valence-electron chi connectivity index (χ0n) is 20.3. The summed E-state index contributed by atoms with van der Waals surface area (Å²) in [6.07, 6.45) is 0. The molecule has 35 heavy (non-hydrogen) atoms. The van der Waals surface area contributed by atoms with E-state index in [0.717, 1.165) is 26.8 Å². The zero-order chi connectivity index (χ0) is 24.7. The molecule has 0 aliphatic carbocycles. The number of rotatable bonds is 6. The molecule has 6 heteroatoms. The highest BCUT2D eigenvalue weighted by molar-refractivity contribution is 7.61. The Labute approximate surface area is 219 Å². The second-order valence-electron chi connectivity index (χ2n) is 8.52. The third kappa shape index (κ3) is 4.66. The minimum atomic E-state index is -1.74. The topological polar surface area (TPSA) is 26.3 Å². The van der Waals surface area contributed by atoms with E-state index in [1.54, 1.807) is 18.4 Å². The Hall–Kier alpha value is -2.56. The molecule has 2 aromatic carbocycles. The monoisotopic (exact) mass is 533 g/mol. The Morgan fingerprint density at radius 2 is 1.34 bits per heavy atom. The van der Waals surface area contributed by atoms with Crippen LogP contribution in [0.4, 0.5) is 0 Å². The van der Waals surface area contributed by atoms with Crippen LogP contribution in [0.25, 0.3) is 32.0 Å². The van der Waals surface area contributed by atoms with Crippen LogP contribution >= 0.6 is 41.8 Å². The van der Waals surface area contributed by atoms with E-state index in [1.165, 1.54) is 41.1 Å². The van der Waals surface area contributed by atoms with E-state index >= 15 is 0 Å². The van der Waals surface area contributed by atoms with Crippen LogP contribution in [0.1, 0.15) is 19.5 Å². The van der Waals surface area contributed by atoms with Gasteiger partial charge in [0.15, 0.2) is 5.30 Å². The van der Waals surface area contributed by atoms with Crippen molar-refractivity contribution in [2.45, 2.75) is 27.7 Å². The molecule has 0 radical (unpaired) electrons. The van der Waals surface area contributed by atoms with E-state index in [2.05, 4.69) is 45.9 Å². The van der Waals surface area contributed by atoms with E-state index < -0.39 is 7.80 Å². The highest BCUT2D eigenvalue weighted by Crippen LogP contribution is 2.48. The van der Waals surface area contributed by atoms with Gasteiger partial charge >= 0.3 is 7.80 Å². The average molecular weight is 534 g/mol. The van der Waals surface area contributed by atoms with E-state index in [0.29, 0.717) is 0 Å². The molecule has 0 aliphatic heterocycles. The predicted molar refractivity (Wildman–Crippen MR) is 155 cm³/mol. The normalized spacial score (nSPS) is 11.6. The van der Waals surface area contributed by atoms with Gasteiger partial charge in [0, 0.05) is 46.0 Å². The summed E-state index contributed by atoms with van der Waals surface area (Å²) >= 11 is 5.45. The second kappa shape index (κ2) is 9.83. The molecule has 1 atom stereocenters. The molecule has 0 amide bonds. The standard InChI is InChI=1S/C29H26O2PS3/c1-17-13-23(19(3)33-17)25-16-28(35-29(25)24-14-18(2)34-20(24)4)26-15-21(31-5)11-12-27(26)32(30)22-9-7-6-8-10-22/h6-16H,1-5H3/q+1. The highest BCUT2D eigenvalue weighted by Gasteiger charge is 2.30. The smallest absolute Gasteiger partial charge is 0.415 e. The van der Waals surface area contributed by atoms with Crippen molar-refractivity contribution in [1.82, 2.24) is 0 Å². The van der Waals surface area contributed by atoms with Gasteiger partial charge in [-0.2, -0.15) is 0 Å². The number of aryl methyl sites for hydroxylation is 4. The van der Waals surface area contributed by atoms with Crippen LogP contribution in [0.2, 0.25) is 0 Å². The van der Waals surface area contributed by atoms with Crippen LogP contribution in [0.5, 0.6) is 5.75 Å². The van der Waals surface area contributed by atoms with Crippen molar-refractivity contribution in [2.24, 2.45) is 0 Å². The first-order chi connectivity index (χ1) is 16.9. The van der Waals surface area contributed by atoms with Gasteiger partial charge in [-0.25, -0.2) is 0 Å². The summed E-state index contributed by atoms with van der Waals surface area (Å²) in [5, 5.41) is 1.67. The molecule has 0 saturated heterocycles. The van der Waals surface area contributed by atoms with Crippen molar-refractivity contribution in [3.63, 3.8) is 0 Å². The molecule has 1 unspecified atom stereocenters. The Morgan fingerprint density at radius 1 is 0.686 bits per heavy atom. The average Bonchev–Trinajstić information content (AvgIpc) is 3.54. The van der Waals surface area contributed by atoms with Gasteiger partial charge in [0.1, 0.15) is 5.75 Å². The molecule has 0 aliphatic rings. The summed E-state index contributed by atoms with van der Waals surface area (Å²) in [6.45, 7) is 8.73. The molecule has 0 N–H and O–H groups in total. The summed E-state index contributed by atoms with van der Waals surface area (Å²) in [5.74, 6) is 0.766. The number of ether oxygens (including phenoxy) is 1. The van der Waals surface area contributed by atoms with Gasteiger partial charge < -0.3 is 4.74 Å². The van der Waals surface area contributed by atoms with Crippen LogP contribution < -0.4 is 15.3 Å². The number of methoxy groups -OCH3 is 1. The second-order valence-corrected chi connectivity index (χ2v) is 14.1. The number of benzene rings is 2. The zero-order valence-corrected chi connectivity index (χ0v) is 23.7.